The summed E-state index contributed by atoms with van der Waals surface area (Å²) in [6.45, 7) is 1.81. The van der Waals surface area contributed by atoms with E-state index in [1.165, 1.54) is 0 Å². The molecule has 0 saturated carbocycles. The Bertz CT molecular complexity index is 506. The molecule has 94 valence electrons. The maximum atomic E-state index is 12.0. The van der Waals surface area contributed by atoms with Gasteiger partial charge in [0.15, 0.2) is 11.9 Å². The molecule has 0 fully saturated rings. The van der Waals surface area contributed by atoms with E-state index >= 15 is 0 Å². The molecule has 0 N–H and O–H groups in total. The van der Waals surface area contributed by atoms with Crippen LogP contribution in [-0.2, 0) is 25.7 Å². The van der Waals surface area contributed by atoms with Gasteiger partial charge in [-0.05, 0) is 12.5 Å². The van der Waals surface area contributed by atoms with Gasteiger partial charge in [0, 0.05) is 5.56 Å². The molecule has 1 atom stereocenters. The predicted molar refractivity (Wildman–Crippen MR) is 61.0 cm³/mol. The number of benzene rings is 1. The van der Waals surface area contributed by atoms with Crippen LogP contribution in [0.5, 0.6) is 0 Å². The quantitative estimate of drug-likeness (QED) is 0.451. The second-order valence-corrected chi connectivity index (χ2v) is 3.80. The van der Waals surface area contributed by atoms with Crippen LogP contribution in [0.4, 0.5) is 0 Å². The summed E-state index contributed by atoms with van der Waals surface area (Å²) in [7, 11) is 0. The monoisotopic (exact) mass is 248 g/mol. The van der Waals surface area contributed by atoms with Crippen LogP contribution >= 0.6 is 0 Å². The van der Waals surface area contributed by atoms with Crippen LogP contribution in [0.1, 0.15) is 22.8 Å². The van der Waals surface area contributed by atoms with Gasteiger partial charge in [0.1, 0.15) is 0 Å². The Morgan fingerprint density at radius 2 is 2.11 bits per heavy atom. The highest BCUT2D eigenvalue weighted by Gasteiger charge is 2.37. The molecule has 1 unspecified atom stereocenters. The lowest BCUT2D eigenvalue weighted by atomic mass is 9.96. The van der Waals surface area contributed by atoms with Gasteiger partial charge in [0.2, 0.25) is 0 Å². The van der Waals surface area contributed by atoms with Crippen molar-refractivity contribution in [2.24, 2.45) is 0 Å². The van der Waals surface area contributed by atoms with Crippen molar-refractivity contribution in [3.05, 3.63) is 35.4 Å². The molecule has 0 amide bonds. The van der Waals surface area contributed by atoms with Crippen LogP contribution < -0.4 is 0 Å². The molecular formula is C13H12O5. The summed E-state index contributed by atoms with van der Waals surface area (Å²) in [5.74, 6) is -2.47. The number of hydrogen-bond acceptors (Lipinski definition) is 5. The van der Waals surface area contributed by atoms with Crippen LogP contribution in [0.3, 0.4) is 0 Å². The summed E-state index contributed by atoms with van der Waals surface area (Å²) in [5.41, 5.74) is 1.14. The number of ketones is 2. The average Bonchev–Trinajstić information content (AvgIpc) is 2.39. The van der Waals surface area contributed by atoms with Gasteiger partial charge in [-0.3, -0.25) is 9.59 Å². The molecule has 0 spiro atoms. The smallest absolute Gasteiger partial charge is 0.377 e. The van der Waals surface area contributed by atoms with Crippen LogP contribution in [0.15, 0.2) is 24.3 Å². The van der Waals surface area contributed by atoms with Crippen molar-refractivity contribution in [3.8, 4) is 0 Å². The molecule has 5 nitrogen and oxygen atoms in total. The first kappa shape index (κ1) is 12.4. The molecule has 1 heterocycles. The first-order chi connectivity index (χ1) is 8.65. The lowest BCUT2D eigenvalue weighted by Crippen LogP contribution is -2.41. The van der Waals surface area contributed by atoms with Crippen molar-refractivity contribution in [3.63, 3.8) is 0 Å². The zero-order chi connectivity index (χ0) is 13.1. The van der Waals surface area contributed by atoms with Crippen molar-refractivity contribution in [2.45, 2.75) is 19.6 Å². The zero-order valence-electron chi connectivity index (χ0n) is 9.84. The minimum Gasteiger partial charge on any atom is -0.460 e. The molecule has 2 rings (SSSR count). The van der Waals surface area contributed by atoms with E-state index in [9.17, 15) is 14.4 Å². The highest BCUT2D eigenvalue weighted by atomic mass is 16.5. The van der Waals surface area contributed by atoms with E-state index < -0.39 is 23.6 Å². The Hall–Kier alpha value is -2.01. The van der Waals surface area contributed by atoms with Gasteiger partial charge in [-0.25, -0.2) is 4.79 Å². The lowest BCUT2D eigenvalue weighted by Gasteiger charge is -2.22. The second kappa shape index (κ2) is 5.10. The Labute approximate surface area is 104 Å². The molecule has 0 radical (unpaired) electrons. The molecular weight excluding hydrogens is 236 g/mol. The molecule has 0 bridgehead atoms. The molecule has 1 aromatic rings. The highest BCUT2D eigenvalue weighted by Crippen LogP contribution is 2.21. The van der Waals surface area contributed by atoms with E-state index in [4.69, 9.17) is 4.74 Å². The van der Waals surface area contributed by atoms with Crippen molar-refractivity contribution in [1.82, 2.24) is 0 Å². The van der Waals surface area contributed by atoms with E-state index in [1.807, 2.05) is 0 Å². The third-order valence-corrected chi connectivity index (χ3v) is 2.64. The maximum Gasteiger partial charge on any atom is 0.377 e. The number of ether oxygens (including phenoxy) is 2. The molecule has 5 heteroatoms. The minimum absolute atomic E-state index is 0.0854. The third kappa shape index (κ3) is 2.17. The molecule has 0 aliphatic carbocycles. The summed E-state index contributed by atoms with van der Waals surface area (Å²) in [5, 5.41) is 0. The zero-order valence-corrected chi connectivity index (χ0v) is 9.84. The summed E-state index contributed by atoms with van der Waals surface area (Å²) in [6, 6.07) is 6.85. The summed E-state index contributed by atoms with van der Waals surface area (Å²) < 4.78 is 9.72. The van der Waals surface area contributed by atoms with E-state index in [-0.39, 0.29) is 13.2 Å². The highest BCUT2D eigenvalue weighted by molar-refractivity contribution is 6.41. The molecule has 0 aromatic heterocycles. The fraction of sp³-hybridized carbons (Fsp3) is 0.308. The van der Waals surface area contributed by atoms with Gasteiger partial charge in [-0.2, -0.15) is 0 Å². The van der Waals surface area contributed by atoms with Crippen molar-refractivity contribution in [2.75, 3.05) is 6.61 Å². The van der Waals surface area contributed by atoms with Crippen molar-refractivity contribution >= 4 is 17.5 Å². The summed E-state index contributed by atoms with van der Waals surface area (Å²) in [4.78, 5) is 35.0. The standard InChI is InChI=1S/C13H12O5/c1-2-17-13(16)11(15)12-10(14)9-6-4-3-5-8(9)7-18-12/h3-6,12H,2,7H2,1H3. The number of rotatable bonds is 3. The number of carbonyl (C=O) groups excluding carboxylic acids is 3. The van der Waals surface area contributed by atoms with Gasteiger partial charge >= 0.3 is 5.97 Å². The Balaban J connectivity index is 2.22. The largest absolute Gasteiger partial charge is 0.460 e. The fourth-order valence-electron chi connectivity index (χ4n) is 1.78. The summed E-state index contributed by atoms with van der Waals surface area (Å²) >= 11 is 0. The van der Waals surface area contributed by atoms with E-state index in [2.05, 4.69) is 4.74 Å². The topological polar surface area (TPSA) is 69.7 Å². The number of esters is 1. The van der Waals surface area contributed by atoms with E-state index in [0.29, 0.717) is 5.56 Å². The molecule has 1 aliphatic rings. The number of carbonyl (C=O) groups is 3. The second-order valence-electron chi connectivity index (χ2n) is 3.80. The minimum atomic E-state index is -1.38. The first-order valence-electron chi connectivity index (χ1n) is 5.59. The Kier molecular flexibility index (Phi) is 3.53. The van der Waals surface area contributed by atoms with E-state index in [0.717, 1.165) is 5.56 Å². The normalized spacial score (nSPS) is 18.1. The van der Waals surface area contributed by atoms with Gasteiger partial charge in [0.25, 0.3) is 5.78 Å². The fourth-order valence-corrected chi connectivity index (χ4v) is 1.78. The van der Waals surface area contributed by atoms with Gasteiger partial charge in [0.05, 0.1) is 13.2 Å². The Morgan fingerprint density at radius 1 is 1.39 bits per heavy atom. The lowest BCUT2D eigenvalue weighted by molar-refractivity contribution is -0.158. The molecule has 0 saturated heterocycles. The third-order valence-electron chi connectivity index (χ3n) is 2.64. The van der Waals surface area contributed by atoms with Crippen LogP contribution in [-0.4, -0.2) is 30.2 Å². The maximum absolute atomic E-state index is 12.0. The van der Waals surface area contributed by atoms with Crippen molar-refractivity contribution < 1.29 is 23.9 Å². The molecule has 1 aromatic carbocycles. The van der Waals surface area contributed by atoms with Gasteiger partial charge in [-0.15, -0.1) is 0 Å². The van der Waals surface area contributed by atoms with Gasteiger partial charge < -0.3 is 9.47 Å². The van der Waals surface area contributed by atoms with Crippen LogP contribution in [0.25, 0.3) is 0 Å². The SMILES string of the molecule is CCOC(=O)C(=O)C1OCc2ccccc2C1=O. The number of hydrogen-bond donors (Lipinski definition) is 0. The number of Topliss-reactive ketones (excluding diaryl/α,β-unsaturated/α-hetero) is 2. The van der Waals surface area contributed by atoms with Crippen LogP contribution in [0, 0.1) is 0 Å². The first-order valence-corrected chi connectivity index (χ1v) is 5.59. The van der Waals surface area contributed by atoms with Crippen molar-refractivity contribution in [1.29, 1.82) is 0 Å². The molecule has 1 aliphatic heterocycles. The van der Waals surface area contributed by atoms with Crippen LogP contribution in [0.2, 0.25) is 0 Å². The Morgan fingerprint density at radius 3 is 2.83 bits per heavy atom. The average molecular weight is 248 g/mol. The number of fused-ring (bicyclic) bond motifs is 1. The van der Waals surface area contributed by atoms with E-state index in [1.54, 1.807) is 31.2 Å². The summed E-state index contributed by atoms with van der Waals surface area (Å²) in [6.07, 6.45) is -1.38. The molecule has 18 heavy (non-hydrogen) atoms. The van der Waals surface area contributed by atoms with Gasteiger partial charge in [-0.1, -0.05) is 24.3 Å². The predicted octanol–water partition coefficient (Wildman–Crippen LogP) is 0.900.